The quantitative estimate of drug-likeness (QED) is 0.764. The predicted molar refractivity (Wildman–Crippen MR) is 69.1 cm³/mol. The number of rotatable bonds is 7. The fraction of sp³-hybridized carbons (Fsp3) is 0.538. The molecule has 1 aromatic carbocycles. The topological polar surface area (TPSA) is 60.0 Å². The van der Waals surface area contributed by atoms with E-state index in [1.54, 1.807) is 34.4 Å². The highest BCUT2D eigenvalue weighted by molar-refractivity contribution is 5.47. The van der Waals surface area contributed by atoms with Crippen molar-refractivity contribution in [3.8, 4) is 11.5 Å². The van der Waals surface area contributed by atoms with Crippen LogP contribution in [0.25, 0.3) is 0 Å². The van der Waals surface area contributed by atoms with Crippen LogP contribution < -0.4 is 14.8 Å². The van der Waals surface area contributed by atoms with Crippen LogP contribution in [0.3, 0.4) is 0 Å². The third kappa shape index (κ3) is 3.35. The molecule has 0 aliphatic heterocycles. The van der Waals surface area contributed by atoms with E-state index in [1.165, 1.54) is 0 Å². The Labute approximate surface area is 108 Å². The molecule has 0 amide bonds. The number of nitrogens with one attached hydrogen (secondary N) is 1. The Kier molecular flexibility index (Phi) is 5.91. The van der Waals surface area contributed by atoms with Crippen molar-refractivity contribution < 1.29 is 19.3 Å². The molecule has 5 heteroatoms. The first kappa shape index (κ1) is 14.8. The lowest BCUT2D eigenvalue weighted by Crippen LogP contribution is -2.17. The lowest BCUT2D eigenvalue weighted by Gasteiger charge is -2.18. The molecular weight excluding hydrogens is 234 g/mol. The van der Waals surface area contributed by atoms with Crippen molar-refractivity contribution >= 4 is 0 Å². The molecule has 0 bridgehead atoms. The van der Waals surface area contributed by atoms with E-state index in [9.17, 15) is 5.11 Å². The predicted octanol–water partition coefficient (Wildman–Crippen LogP) is 1.10. The summed E-state index contributed by atoms with van der Waals surface area (Å²) < 4.78 is 15.7. The number of aliphatic hydroxyl groups excluding tert-OH is 1. The van der Waals surface area contributed by atoms with E-state index in [0.717, 1.165) is 5.56 Å². The summed E-state index contributed by atoms with van der Waals surface area (Å²) in [5, 5.41) is 13.0. The van der Waals surface area contributed by atoms with Crippen LogP contribution in [0.1, 0.15) is 17.2 Å². The molecule has 0 radical (unpaired) electrons. The first-order valence-electron chi connectivity index (χ1n) is 5.74. The molecule has 5 nitrogen and oxygen atoms in total. The second-order valence-electron chi connectivity index (χ2n) is 3.91. The SMILES string of the molecule is CNCC(O)c1cc(OC)c(COC)cc1OC. The second-order valence-corrected chi connectivity index (χ2v) is 3.91. The van der Waals surface area contributed by atoms with Crippen molar-refractivity contribution in [3.63, 3.8) is 0 Å². The number of methoxy groups -OCH3 is 3. The van der Waals surface area contributed by atoms with E-state index in [-0.39, 0.29) is 0 Å². The van der Waals surface area contributed by atoms with Gasteiger partial charge in [0.15, 0.2) is 0 Å². The van der Waals surface area contributed by atoms with Gasteiger partial charge in [-0.1, -0.05) is 0 Å². The molecule has 1 unspecified atom stereocenters. The summed E-state index contributed by atoms with van der Waals surface area (Å²) in [6.07, 6.45) is -0.643. The summed E-state index contributed by atoms with van der Waals surface area (Å²) in [5.74, 6) is 1.31. The van der Waals surface area contributed by atoms with Crippen LogP contribution in [0.5, 0.6) is 11.5 Å². The van der Waals surface area contributed by atoms with E-state index in [4.69, 9.17) is 14.2 Å². The maximum atomic E-state index is 10.0. The van der Waals surface area contributed by atoms with Gasteiger partial charge in [-0.3, -0.25) is 0 Å². The molecule has 1 atom stereocenters. The fourth-order valence-corrected chi connectivity index (χ4v) is 1.82. The number of aliphatic hydroxyl groups is 1. The Bertz CT molecular complexity index is 381. The van der Waals surface area contributed by atoms with Gasteiger partial charge in [0.2, 0.25) is 0 Å². The molecule has 2 N–H and O–H groups in total. The van der Waals surface area contributed by atoms with E-state index in [0.29, 0.717) is 30.2 Å². The molecule has 18 heavy (non-hydrogen) atoms. The van der Waals surface area contributed by atoms with E-state index in [1.807, 2.05) is 6.07 Å². The molecular formula is C13H21NO4. The van der Waals surface area contributed by atoms with Crippen LogP contribution >= 0.6 is 0 Å². The lowest BCUT2D eigenvalue weighted by molar-refractivity contribution is 0.170. The zero-order valence-corrected chi connectivity index (χ0v) is 11.3. The van der Waals surface area contributed by atoms with Crippen LogP contribution in [-0.4, -0.2) is 40.0 Å². The van der Waals surface area contributed by atoms with Crippen molar-refractivity contribution in [3.05, 3.63) is 23.3 Å². The minimum Gasteiger partial charge on any atom is -0.496 e. The zero-order chi connectivity index (χ0) is 13.5. The van der Waals surface area contributed by atoms with Crippen molar-refractivity contribution in [2.75, 3.05) is 34.9 Å². The molecule has 0 spiro atoms. The normalized spacial score (nSPS) is 12.3. The van der Waals surface area contributed by atoms with Gasteiger partial charge in [0.05, 0.1) is 26.9 Å². The van der Waals surface area contributed by atoms with Gasteiger partial charge < -0.3 is 24.6 Å². The minimum absolute atomic E-state index is 0.432. The Balaban J connectivity index is 3.16. The summed E-state index contributed by atoms with van der Waals surface area (Å²) in [7, 11) is 6.57. The van der Waals surface area contributed by atoms with Gasteiger partial charge in [-0.2, -0.15) is 0 Å². The Hall–Kier alpha value is -1.30. The van der Waals surface area contributed by atoms with Crippen molar-refractivity contribution in [2.45, 2.75) is 12.7 Å². The van der Waals surface area contributed by atoms with Crippen LogP contribution in [-0.2, 0) is 11.3 Å². The van der Waals surface area contributed by atoms with Gasteiger partial charge in [-0.15, -0.1) is 0 Å². The van der Waals surface area contributed by atoms with E-state index in [2.05, 4.69) is 5.32 Å². The van der Waals surface area contributed by atoms with Crippen molar-refractivity contribution in [2.24, 2.45) is 0 Å². The molecule has 1 rings (SSSR count). The highest BCUT2D eigenvalue weighted by Gasteiger charge is 2.17. The molecule has 102 valence electrons. The first-order chi connectivity index (χ1) is 8.67. The average molecular weight is 255 g/mol. The molecule has 0 heterocycles. The molecule has 0 fully saturated rings. The van der Waals surface area contributed by atoms with Gasteiger partial charge in [-0.05, 0) is 19.2 Å². The third-order valence-corrected chi connectivity index (χ3v) is 2.69. The molecule has 0 aromatic heterocycles. The van der Waals surface area contributed by atoms with Gasteiger partial charge in [-0.25, -0.2) is 0 Å². The number of hydrogen-bond acceptors (Lipinski definition) is 5. The smallest absolute Gasteiger partial charge is 0.125 e. The van der Waals surface area contributed by atoms with Gasteiger partial charge >= 0.3 is 0 Å². The highest BCUT2D eigenvalue weighted by Crippen LogP contribution is 2.33. The minimum atomic E-state index is -0.643. The van der Waals surface area contributed by atoms with Crippen LogP contribution in [0.15, 0.2) is 12.1 Å². The van der Waals surface area contributed by atoms with Crippen LogP contribution in [0.4, 0.5) is 0 Å². The molecule has 0 aliphatic rings. The summed E-state index contributed by atoms with van der Waals surface area (Å²) in [6.45, 7) is 0.880. The monoisotopic (exact) mass is 255 g/mol. The second kappa shape index (κ2) is 7.20. The number of hydrogen-bond donors (Lipinski definition) is 2. The van der Waals surface area contributed by atoms with Crippen LogP contribution in [0.2, 0.25) is 0 Å². The van der Waals surface area contributed by atoms with Crippen molar-refractivity contribution in [1.29, 1.82) is 0 Å². The molecule has 0 saturated heterocycles. The standard InChI is InChI=1S/C13H21NO4/c1-14-7-11(15)10-6-12(17-3)9(8-16-2)5-13(10)18-4/h5-6,11,14-15H,7-8H2,1-4H3. The molecule has 1 aromatic rings. The summed E-state index contributed by atoms with van der Waals surface area (Å²) in [5.41, 5.74) is 1.58. The Morgan fingerprint density at radius 3 is 2.33 bits per heavy atom. The van der Waals surface area contributed by atoms with Crippen molar-refractivity contribution in [1.82, 2.24) is 5.32 Å². The molecule has 0 saturated carbocycles. The Morgan fingerprint density at radius 1 is 1.17 bits per heavy atom. The number of likely N-dealkylation sites (N-methyl/N-ethyl adjacent to an activating group) is 1. The van der Waals surface area contributed by atoms with Gasteiger partial charge in [0.1, 0.15) is 11.5 Å². The summed E-state index contributed by atoms with van der Waals surface area (Å²) in [4.78, 5) is 0. The largest absolute Gasteiger partial charge is 0.496 e. The maximum absolute atomic E-state index is 10.0. The summed E-state index contributed by atoms with van der Waals surface area (Å²) >= 11 is 0. The zero-order valence-electron chi connectivity index (χ0n) is 11.3. The number of benzene rings is 1. The lowest BCUT2D eigenvalue weighted by atomic mass is 10.0. The van der Waals surface area contributed by atoms with Gasteiger partial charge in [0.25, 0.3) is 0 Å². The third-order valence-electron chi connectivity index (χ3n) is 2.69. The van der Waals surface area contributed by atoms with Gasteiger partial charge in [0, 0.05) is 24.8 Å². The average Bonchev–Trinajstić information content (AvgIpc) is 2.38. The molecule has 0 aliphatic carbocycles. The van der Waals surface area contributed by atoms with Crippen LogP contribution in [0, 0.1) is 0 Å². The number of ether oxygens (including phenoxy) is 3. The highest BCUT2D eigenvalue weighted by atomic mass is 16.5. The van der Waals surface area contributed by atoms with E-state index >= 15 is 0 Å². The summed E-state index contributed by atoms with van der Waals surface area (Å²) in [6, 6.07) is 3.62. The fourth-order valence-electron chi connectivity index (χ4n) is 1.82. The first-order valence-corrected chi connectivity index (χ1v) is 5.74. The maximum Gasteiger partial charge on any atom is 0.125 e. The van der Waals surface area contributed by atoms with E-state index < -0.39 is 6.10 Å². The Morgan fingerprint density at radius 2 is 1.83 bits per heavy atom.